The quantitative estimate of drug-likeness (QED) is 0.792. The summed E-state index contributed by atoms with van der Waals surface area (Å²) in [5.74, 6) is -0.00250. The van der Waals surface area contributed by atoms with E-state index < -0.39 is 0 Å². The molecule has 108 valence electrons. The van der Waals surface area contributed by atoms with Gasteiger partial charge in [0.15, 0.2) is 0 Å². The Labute approximate surface area is 121 Å². The Bertz CT molecular complexity index is 459. The maximum absolute atomic E-state index is 11.9. The first-order valence-corrected chi connectivity index (χ1v) is 7.22. The van der Waals surface area contributed by atoms with Crippen molar-refractivity contribution in [2.75, 3.05) is 25.0 Å². The third kappa shape index (κ3) is 5.85. The second-order valence-electron chi connectivity index (χ2n) is 4.83. The lowest BCUT2D eigenvalue weighted by Crippen LogP contribution is -2.29. The number of nitrogens with one attached hydrogen (secondary N) is 1. The molecule has 4 nitrogen and oxygen atoms in total. The van der Waals surface area contributed by atoms with Crippen molar-refractivity contribution in [3.63, 3.8) is 0 Å². The third-order valence-corrected chi connectivity index (χ3v) is 3.01. The summed E-state index contributed by atoms with van der Waals surface area (Å²) in [6.07, 6.45) is 2.69. The van der Waals surface area contributed by atoms with Gasteiger partial charge in [-0.1, -0.05) is 19.9 Å². The Morgan fingerprint density at radius 1 is 1.25 bits per heavy atom. The van der Waals surface area contributed by atoms with Crippen LogP contribution < -0.4 is 5.32 Å². The molecule has 0 atom stereocenters. The van der Waals surface area contributed by atoms with Gasteiger partial charge in [0.25, 0.3) is 0 Å². The van der Waals surface area contributed by atoms with Gasteiger partial charge >= 0.3 is 0 Å². The number of carbonyl (C=O) groups is 1. The number of nitrogens with zero attached hydrogens (tertiary/aromatic N) is 2. The van der Waals surface area contributed by atoms with E-state index in [1.54, 1.807) is 24.3 Å². The average Bonchev–Trinajstić information content (AvgIpc) is 2.45. The first-order valence-electron chi connectivity index (χ1n) is 7.22. The second kappa shape index (κ2) is 9.11. The molecule has 0 aliphatic heterocycles. The molecule has 0 saturated heterocycles. The molecule has 1 amide bonds. The van der Waals surface area contributed by atoms with Crippen molar-refractivity contribution in [2.45, 2.75) is 33.1 Å². The molecule has 0 radical (unpaired) electrons. The molecule has 0 bridgehead atoms. The maximum atomic E-state index is 11.9. The van der Waals surface area contributed by atoms with Gasteiger partial charge in [0.2, 0.25) is 5.91 Å². The highest BCUT2D eigenvalue weighted by atomic mass is 16.1. The lowest BCUT2D eigenvalue weighted by molar-refractivity contribution is -0.116. The van der Waals surface area contributed by atoms with Crippen LogP contribution in [-0.2, 0) is 4.79 Å². The third-order valence-electron chi connectivity index (χ3n) is 3.01. The summed E-state index contributed by atoms with van der Waals surface area (Å²) >= 11 is 0. The van der Waals surface area contributed by atoms with Crippen LogP contribution in [-0.4, -0.2) is 30.4 Å². The Kier molecular flexibility index (Phi) is 7.38. The summed E-state index contributed by atoms with van der Waals surface area (Å²) in [6.45, 7) is 7.15. The zero-order valence-corrected chi connectivity index (χ0v) is 12.4. The summed E-state index contributed by atoms with van der Waals surface area (Å²) < 4.78 is 0. The second-order valence-corrected chi connectivity index (χ2v) is 4.83. The van der Waals surface area contributed by atoms with E-state index in [0.717, 1.165) is 32.5 Å². The predicted molar refractivity (Wildman–Crippen MR) is 81.4 cm³/mol. The highest BCUT2D eigenvalue weighted by Crippen LogP contribution is 2.10. The van der Waals surface area contributed by atoms with Crippen LogP contribution in [0.4, 0.5) is 5.69 Å². The van der Waals surface area contributed by atoms with Gasteiger partial charge in [-0.05, 0) is 44.1 Å². The van der Waals surface area contributed by atoms with E-state index in [0.29, 0.717) is 17.7 Å². The summed E-state index contributed by atoms with van der Waals surface area (Å²) in [6, 6.07) is 9.05. The van der Waals surface area contributed by atoms with Crippen molar-refractivity contribution in [3.8, 4) is 6.07 Å². The number of carbonyl (C=O) groups excluding carboxylic acids is 1. The lowest BCUT2D eigenvalue weighted by Gasteiger charge is -2.20. The van der Waals surface area contributed by atoms with Crippen molar-refractivity contribution < 1.29 is 4.79 Å². The van der Waals surface area contributed by atoms with Crippen LogP contribution in [0.3, 0.4) is 0 Å². The molecular weight excluding hydrogens is 250 g/mol. The minimum atomic E-state index is -0.00250. The molecule has 0 heterocycles. The zero-order chi connectivity index (χ0) is 14.8. The molecular formula is C16H23N3O. The number of hydrogen-bond acceptors (Lipinski definition) is 3. The molecule has 20 heavy (non-hydrogen) atoms. The molecule has 1 rings (SSSR count). The van der Waals surface area contributed by atoms with E-state index >= 15 is 0 Å². The Hall–Kier alpha value is -1.86. The van der Waals surface area contributed by atoms with Crippen molar-refractivity contribution in [1.82, 2.24) is 4.90 Å². The molecule has 0 unspecified atom stereocenters. The van der Waals surface area contributed by atoms with Gasteiger partial charge in [0, 0.05) is 18.7 Å². The van der Waals surface area contributed by atoms with Crippen LogP contribution in [0.2, 0.25) is 0 Å². The number of hydrogen-bond donors (Lipinski definition) is 1. The number of benzene rings is 1. The molecule has 0 fully saturated rings. The fourth-order valence-corrected chi connectivity index (χ4v) is 2.12. The van der Waals surface area contributed by atoms with Gasteiger partial charge in [0.05, 0.1) is 11.6 Å². The predicted octanol–water partition coefficient (Wildman–Crippen LogP) is 3.01. The highest BCUT2D eigenvalue weighted by Gasteiger charge is 2.07. The van der Waals surface area contributed by atoms with Crippen LogP contribution in [0, 0.1) is 11.3 Å². The molecule has 0 saturated carbocycles. The van der Waals surface area contributed by atoms with Crippen molar-refractivity contribution >= 4 is 11.6 Å². The van der Waals surface area contributed by atoms with E-state index in [-0.39, 0.29) is 5.91 Å². The molecule has 0 aromatic heterocycles. The van der Waals surface area contributed by atoms with Gasteiger partial charge in [-0.15, -0.1) is 0 Å². The van der Waals surface area contributed by atoms with Gasteiger partial charge in [-0.3, -0.25) is 4.79 Å². The molecule has 1 N–H and O–H groups in total. The van der Waals surface area contributed by atoms with E-state index in [4.69, 9.17) is 5.26 Å². The molecule has 1 aromatic rings. The summed E-state index contributed by atoms with van der Waals surface area (Å²) in [5, 5.41) is 11.7. The number of nitriles is 1. The first-order chi connectivity index (χ1) is 9.69. The molecule has 0 aliphatic carbocycles. The highest BCUT2D eigenvalue weighted by molar-refractivity contribution is 5.90. The van der Waals surface area contributed by atoms with Gasteiger partial charge in [-0.2, -0.15) is 5.26 Å². The van der Waals surface area contributed by atoms with Crippen LogP contribution in [0.5, 0.6) is 0 Å². The van der Waals surface area contributed by atoms with E-state index in [1.807, 2.05) is 0 Å². The van der Waals surface area contributed by atoms with Crippen LogP contribution in [0.15, 0.2) is 24.3 Å². The fourth-order valence-electron chi connectivity index (χ4n) is 2.12. The van der Waals surface area contributed by atoms with Crippen LogP contribution in [0.1, 0.15) is 38.7 Å². The Morgan fingerprint density at radius 3 is 2.55 bits per heavy atom. The monoisotopic (exact) mass is 273 g/mol. The average molecular weight is 273 g/mol. The SMILES string of the molecule is CCCN(CCC)CCC(=O)Nc1cccc(C#N)c1. The zero-order valence-electron chi connectivity index (χ0n) is 12.4. The Morgan fingerprint density at radius 2 is 1.95 bits per heavy atom. The van der Waals surface area contributed by atoms with Crippen LogP contribution >= 0.6 is 0 Å². The standard InChI is InChI=1S/C16H23N3O/c1-3-9-19(10-4-2)11-8-16(20)18-15-7-5-6-14(12-15)13-17/h5-7,12H,3-4,8-11H2,1-2H3,(H,18,20). The number of rotatable bonds is 8. The minimum Gasteiger partial charge on any atom is -0.326 e. The molecule has 4 heteroatoms. The number of amides is 1. The normalized spacial score (nSPS) is 10.3. The van der Waals surface area contributed by atoms with Gasteiger partial charge < -0.3 is 10.2 Å². The summed E-state index contributed by atoms with van der Waals surface area (Å²) in [4.78, 5) is 14.2. The smallest absolute Gasteiger partial charge is 0.225 e. The van der Waals surface area contributed by atoms with E-state index in [1.165, 1.54) is 0 Å². The lowest BCUT2D eigenvalue weighted by atomic mass is 10.2. The molecule has 1 aromatic carbocycles. The summed E-state index contributed by atoms with van der Waals surface area (Å²) in [7, 11) is 0. The maximum Gasteiger partial charge on any atom is 0.225 e. The summed E-state index contributed by atoms with van der Waals surface area (Å²) in [5.41, 5.74) is 1.24. The van der Waals surface area contributed by atoms with E-state index in [9.17, 15) is 4.79 Å². The number of anilines is 1. The molecule has 0 aliphatic rings. The van der Waals surface area contributed by atoms with Crippen LogP contribution in [0.25, 0.3) is 0 Å². The molecule has 0 spiro atoms. The van der Waals surface area contributed by atoms with Crippen molar-refractivity contribution in [3.05, 3.63) is 29.8 Å². The first kappa shape index (κ1) is 16.2. The minimum absolute atomic E-state index is 0.00250. The fraction of sp³-hybridized carbons (Fsp3) is 0.500. The van der Waals surface area contributed by atoms with Gasteiger partial charge in [-0.25, -0.2) is 0 Å². The van der Waals surface area contributed by atoms with Gasteiger partial charge in [0.1, 0.15) is 0 Å². The Balaban J connectivity index is 2.44. The van der Waals surface area contributed by atoms with Crippen molar-refractivity contribution in [1.29, 1.82) is 5.26 Å². The van der Waals surface area contributed by atoms with E-state index in [2.05, 4.69) is 30.1 Å². The largest absolute Gasteiger partial charge is 0.326 e. The topological polar surface area (TPSA) is 56.1 Å². The van der Waals surface area contributed by atoms with Crippen molar-refractivity contribution in [2.24, 2.45) is 0 Å².